The minimum atomic E-state index is -0.683. The maximum absolute atomic E-state index is 13.2. The molecule has 0 aliphatic heterocycles. The first-order chi connectivity index (χ1) is 6.07. The van der Waals surface area contributed by atoms with Crippen molar-refractivity contribution < 1.29 is 9.50 Å². The standard InChI is InChI=1S/C8H10BrFN2O.ClH/c9-4-1-2-5(10)7(8(4)13)6(12)3-11;/h1-2,6,13H,3,11-12H2;1H/t6-;/m1./s1. The van der Waals surface area contributed by atoms with Gasteiger partial charge < -0.3 is 16.6 Å². The van der Waals surface area contributed by atoms with Crippen LogP contribution < -0.4 is 11.5 Å². The van der Waals surface area contributed by atoms with Gasteiger partial charge in [0.2, 0.25) is 0 Å². The number of hydrogen-bond acceptors (Lipinski definition) is 3. The molecule has 1 aromatic carbocycles. The van der Waals surface area contributed by atoms with Gasteiger partial charge in [0.05, 0.1) is 4.47 Å². The fourth-order valence-electron chi connectivity index (χ4n) is 1.03. The van der Waals surface area contributed by atoms with Crippen molar-refractivity contribution in [1.82, 2.24) is 0 Å². The zero-order valence-electron chi connectivity index (χ0n) is 7.21. The topological polar surface area (TPSA) is 72.3 Å². The average molecular weight is 286 g/mol. The highest BCUT2D eigenvalue weighted by atomic mass is 79.9. The zero-order valence-corrected chi connectivity index (χ0v) is 9.61. The number of phenolic OH excluding ortho intramolecular Hbond substituents is 1. The molecular formula is C8H11BrClFN2O. The lowest BCUT2D eigenvalue weighted by Crippen LogP contribution is -2.22. The molecule has 0 amide bonds. The Bertz CT molecular complexity index is 324. The maximum atomic E-state index is 13.2. The summed E-state index contributed by atoms with van der Waals surface area (Å²) in [7, 11) is 0. The first-order valence-corrected chi connectivity index (χ1v) is 4.49. The third-order valence-electron chi connectivity index (χ3n) is 1.74. The van der Waals surface area contributed by atoms with Gasteiger partial charge in [-0.1, -0.05) is 0 Å². The number of hydrogen-bond donors (Lipinski definition) is 3. The van der Waals surface area contributed by atoms with Crippen LogP contribution >= 0.6 is 28.3 Å². The van der Waals surface area contributed by atoms with Gasteiger partial charge in [-0.05, 0) is 28.1 Å². The van der Waals surface area contributed by atoms with Gasteiger partial charge in [0.25, 0.3) is 0 Å². The smallest absolute Gasteiger partial charge is 0.137 e. The predicted molar refractivity (Wildman–Crippen MR) is 59.0 cm³/mol. The molecule has 14 heavy (non-hydrogen) atoms. The number of rotatable bonds is 2. The van der Waals surface area contributed by atoms with Crippen LogP contribution in [0.5, 0.6) is 5.75 Å². The first-order valence-electron chi connectivity index (χ1n) is 3.70. The highest BCUT2D eigenvalue weighted by molar-refractivity contribution is 9.10. The van der Waals surface area contributed by atoms with Crippen molar-refractivity contribution in [3.63, 3.8) is 0 Å². The van der Waals surface area contributed by atoms with Gasteiger partial charge in [0.1, 0.15) is 11.6 Å². The highest BCUT2D eigenvalue weighted by Crippen LogP contribution is 2.32. The van der Waals surface area contributed by atoms with E-state index in [1.165, 1.54) is 12.1 Å². The number of nitrogens with two attached hydrogens (primary N) is 2. The molecule has 1 atom stereocenters. The Labute approximate surface area is 95.8 Å². The molecule has 6 heteroatoms. The lowest BCUT2D eigenvalue weighted by Gasteiger charge is -2.12. The largest absolute Gasteiger partial charge is 0.506 e. The maximum Gasteiger partial charge on any atom is 0.137 e. The average Bonchev–Trinajstić information content (AvgIpc) is 2.12. The summed E-state index contributed by atoms with van der Waals surface area (Å²) in [6.07, 6.45) is 0. The van der Waals surface area contributed by atoms with Crippen LogP contribution in [0.4, 0.5) is 4.39 Å². The summed E-state index contributed by atoms with van der Waals surface area (Å²) in [5, 5.41) is 9.46. The molecule has 0 unspecified atom stereocenters. The number of halogens is 3. The fraction of sp³-hybridized carbons (Fsp3) is 0.250. The quantitative estimate of drug-likeness (QED) is 0.774. The number of aromatic hydroxyl groups is 1. The molecule has 0 bridgehead atoms. The normalized spacial score (nSPS) is 12.0. The van der Waals surface area contributed by atoms with Crippen LogP contribution in [0.2, 0.25) is 0 Å². The van der Waals surface area contributed by atoms with Gasteiger partial charge >= 0.3 is 0 Å². The summed E-state index contributed by atoms with van der Waals surface area (Å²) in [5.74, 6) is -0.725. The van der Waals surface area contributed by atoms with E-state index in [4.69, 9.17) is 11.5 Å². The lowest BCUT2D eigenvalue weighted by atomic mass is 10.1. The van der Waals surface area contributed by atoms with Crippen LogP contribution in [0.1, 0.15) is 11.6 Å². The molecule has 0 radical (unpaired) electrons. The van der Waals surface area contributed by atoms with Crippen molar-refractivity contribution in [3.05, 3.63) is 28.0 Å². The third-order valence-corrected chi connectivity index (χ3v) is 2.38. The van der Waals surface area contributed by atoms with E-state index in [-0.39, 0.29) is 30.3 Å². The zero-order chi connectivity index (χ0) is 10.0. The van der Waals surface area contributed by atoms with Crippen molar-refractivity contribution in [2.75, 3.05) is 6.54 Å². The Morgan fingerprint density at radius 2 is 2.07 bits per heavy atom. The van der Waals surface area contributed by atoms with Gasteiger partial charge in [-0.3, -0.25) is 0 Å². The lowest BCUT2D eigenvalue weighted by molar-refractivity contribution is 0.446. The molecule has 80 valence electrons. The molecule has 1 aromatic rings. The van der Waals surface area contributed by atoms with Gasteiger partial charge in [-0.15, -0.1) is 12.4 Å². The molecule has 0 fully saturated rings. The monoisotopic (exact) mass is 284 g/mol. The summed E-state index contributed by atoms with van der Waals surface area (Å²) in [5.41, 5.74) is 10.8. The van der Waals surface area contributed by atoms with Gasteiger partial charge in [-0.2, -0.15) is 0 Å². The molecule has 1 rings (SSSR count). The molecule has 0 aromatic heterocycles. The Morgan fingerprint density at radius 1 is 1.50 bits per heavy atom. The van der Waals surface area contributed by atoms with E-state index >= 15 is 0 Å². The first kappa shape index (κ1) is 13.6. The molecule has 0 saturated carbocycles. The van der Waals surface area contributed by atoms with Crippen LogP contribution in [0.15, 0.2) is 16.6 Å². The Hall–Kier alpha value is -0.360. The van der Waals surface area contributed by atoms with Crippen molar-refractivity contribution >= 4 is 28.3 Å². The molecule has 0 aliphatic carbocycles. The highest BCUT2D eigenvalue weighted by Gasteiger charge is 2.16. The minimum absolute atomic E-state index is 0. The summed E-state index contributed by atoms with van der Waals surface area (Å²) in [4.78, 5) is 0. The van der Waals surface area contributed by atoms with Crippen molar-refractivity contribution in [2.24, 2.45) is 11.5 Å². The SMILES string of the molecule is Cl.NC[C@@H](N)c1c(F)ccc(Br)c1O. The molecule has 0 heterocycles. The van der Waals surface area contributed by atoms with Crippen molar-refractivity contribution in [1.29, 1.82) is 0 Å². The van der Waals surface area contributed by atoms with E-state index < -0.39 is 11.9 Å². The van der Waals surface area contributed by atoms with Crippen LogP contribution in [0.3, 0.4) is 0 Å². The Balaban J connectivity index is 0.00000169. The molecule has 3 nitrogen and oxygen atoms in total. The van der Waals surface area contributed by atoms with E-state index in [2.05, 4.69) is 15.9 Å². The predicted octanol–water partition coefficient (Wildman–Crippen LogP) is 1.67. The Kier molecular flexibility index (Phi) is 5.36. The summed E-state index contributed by atoms with van der Waals surface area (Å²) in [6, 6.07) is 1.96. The van der Waals surface area contributed by atoms with E-state index in [9.17, 15) is 9.50 Å². The molecular weight excluding hydrogens is 274 g/mol. The summed E-state index contributed by atoms with van der Waals surface area (Å²) >= 11 is 3.06. The second-order valence-electron chi connectivity index (χ2n) is 2.63. The molecule has 5 N–H and O–H groups in total. The van der Waals surface area contributed by atoms with E-state index in [0.29, 0.717) is 4.47 Å². The minimum Gasteiger partial charge on any atom is -0.506 e. The molecule has 0 saturated heterocycles. The van der Waals surface area contributed by atoms with Crippen LogP contribution in [0.25, 0.3) is 0 Å². The van der Waals surface area contributed by atoms with Crippen molar-refractivity contribution in [2.45, 2.75) is 6.04 Å². The number of phenols is 1. The fourth-order valence-corrected chi connectivity index (χ4v) is 1.37. The Morgan fingerprint density at radius 3 is 2.57 bits per heavy atom. The third kappa shape index (κ3) is 2.57. The number of benzene rings is 1. The summed E-state index contributed by atoms with van der Waals surface area (Å²) in [6.45, 7) is 0.0843. The van der Waals surface area contributed by atoms with Gasteiger partial charge in [0.15, 0.2) is 0 Å². The van der Waals surface area contributed by atoms with E-state index in [1.807, 2.05) is 0 Å². The van der Waals surface area contributed by atoms with E-state index in [1.54, 1.807) is 0 Å². The van der Waals surface area contributed by atoms with Crippen LogP contribution in [-0.2, 0) is 0 Å². The van der Waals surface area contributed by atoms with Gasteiger partial charge in [-0.25, -0.2) is 4.39 Å². The molecule has 0 spiro atoms. The molecule has 0 aliphatic rings. The van der Waals surface area contributed by atoms with Crippen molar-refractivity contribution in [3.8, 4) is 5.75 Å². The van der Waals surface area contributed by atoms with Gasteiger partial charge in [0, 0.05) is 18.2 Å². The van der Waals surface area contributed by atoms with Crippen LogP contribution in [0, 0.1) is 5.82 Å². The van der Waals surface area contributed by atoms with Crippen LogP contribution in [-0.4, -0.2) is 11.7 Å². The second-order valence-corrected chi connectivity index (χ2v) is 3.49. The second kappa shape index (κ2) is 5.50. The van der Waals surface area contributed by atoms with E-state index in [0.717, 1.165) is 0 Å². The summed E-state index contributed by atoms with van der Waals surface area (Å²) < 4.78 is 13.6.